The number of rotatable bonds is 6. The molecule has 2 aromatic heterocycles. The highest BCUT2D eigenvalue weighted by Crippen LogP contribution is 2.31. The van der Waals surface area contributed by atoms with E-state index in [2.05, 4.69) is 25.2 Å². The SMILES string of the molecule is Cc1cc(N(C)CCc2ccncc2)nc(Nc2cccc(Cl)c2Cl)n1. The standard InChI is InChI=1S/C19H19Cl2N5/c1-13-12-17(26(2)11-8-14-6-9-22-10-7-14)25-19(23-13)24-16-5-3-4-15(20)18(16)21/h3-7,9-10,12H,8,11H2,1-2H3,(H,23,24,25). The molecule has 0 aliphatic rings. The number of benzene rings is 1. The molecule has 0 saturated carbocycles. The maximum atomic E-state index is 6.24. The minimum absolute atomic E-state index is 0.451. The van der Waals surface area contributed by atoms with Crippen LogP contribution in [0.1, 0.15) is 11.3 Å². The number of nitrogens with zero attached hydrogens (tertiary/aromatic N) is 4. The van der Waals surface area contributed by atoms with Gasteiger partial charge in [-0.05, 0) is 43.2 Å². The zero-order chi connectivity index (χ0) is 18.5. The smallest absolute Gasteiger partial charge is 0.229 e. The molecule has 134 valence electrons. The molecule has 0 atom stereocenters. The fourth-order valence-electron chi connectivity index (χ4n) is 2.48. The summed E-state index contributed by atoms with van der Waals surface area (Å²) >= 11 is 12.3. The van der Waals surface area contributed by atoms with Gasteiger partial charge in [0.15, 0.2) is 0 Å². The van der Waals surface area contributed by atoms with E-state index in [1.54, 1.807) is 18.5 Å². The monoisotopic (exact) mass is 387 g/mol. The molecule has 0 fully saturated rings. The summed E-state index contributed by atoms with van der Waals surface area (Å²) in [5.41, 5.74) is 2.78. The third kappa shape index (κ3) is 4.62. The van der Waals surface area contributed by atoms with E-state index in [-0.39, 0.29) is 0 Å². The highest BCUT2D eigenvalue weighted by atomic mass is 35.5. The first-order valence-electron chi connectivity index (χ1n) is 8.19. The Balaban J connectivity index is 1.75. The van der Waals surface area contributed by atoms with Crippen molar-refractivity contribution in [1.82, 2.24) is 15.0 Å². The van der Waals surface area contributed by atoms with E-state index in [9.17, 15) is 0 Å². The number of pyridine rings is 1. The zero-order valence-electron chi connectivity index (χ0n) is 14.6. The van der Waals surface area contributed by atoms with Crippen molar-refractivity contribution in [2.24, 2.45) is 0 Å². The van der Waals surface area contributed by atoms with Crippen LogP contribution in [0.3, 0.4) is 0 Å². The topological polar surface area (TPSA) is 53.9 Å². The fraction of sp³-hybridized carbons (Fsp3) is 0.211. The summed E-state index contributed by atoms with van der Waals surface area (Å²) in [7, 11) is 2.01. The van der Waals surface area contributed by atoms with Crippen LogP contribution in [-0.2, 0) is 6.42 Å². The van der Waals surface area contributed by atoms with Crippen LogP contribution in [-0.4, -0.2) is 28.5 Å². The van der Waals surface area contributed by atoms with E-state index < -0.39 is 0 Å². The predicted molar refractivity (Wildman–Crippen MR) is 108 cm³/mol. The average molecular weight is 388 g/mol. The lowest BCUT2D eigenvalue weighted by Crippen LogP contribution is -2.22. The first-order valence-corrected chi connectivity index (χ1v) is 8.95. The molecule has 0 unspecified atom stereocenters. The van der Waals surface area contributed by atoms with Crippen molar-refractivity contribution in [3.63, 3.8) is 0 Å². The largest absolute Gasteiger partial charge is 0.359 e. The van der Waals surface area contributed by atoms with Gasteiger partial charge in [-0.15, -0.1) is 0 Å². The van der Waals surface area contributed by atoms with E-state index in [0.717, 1.165) is 24.5 Å². The van der Waals surface area contributed by atoms with Gasteiger partial charge in [0.2, 0.25) is 5.95 Å². The van der Waals surface area contributed by atoms with Crippen LogP contribution < -0.4 is 10.2 Å². The van der Waals surface area contributed by atoms with Crippen LogP contribution in [0.4, 0.5) is 17.5 Å². The Hall–Kier alpha value is -2.37. The Morgan fingerprint density at radius 1 is 1.08 bits per heavy atom. The van der Waals surface area contributed by atoms with E-state index in [0.29, 0.717) is 21.7 Å². The van der Waals surface area contributed by atoms with Gasteiger partial charge in [-0.2, -0.15) is 4.98 Å². The van der Waals surface area contributed by atoms with Gasteiger partial charge in [0.05, 0.1) is 15.7 Å². The lowest BCUT2D eigenvalue weighted by molar-refractivity contribution is 0.853. The zero-order valence-corrected chi connectivity index (χ0v) is 16.1. The normalized spacial score (nSPS) is 10.6. The molecule has 0 saturated heterocycles. The Labute approximate surface area is 163 Å². The lowest BCUT2D eigenvalue weighted by atomic mass is 10.2. The van der Waals surface area contributed by atoms with Gasteiger partial charge >= 0.3 is 0 Å². The molecule has 0 aliphatic carbocycles. The Morgan fingerprint density at radius 3 is 2.62 bits per heavy atom. The number of aromatic nitrogens is 3. The number of hydrogen-bond donors (Lipinski definition) is 1. The second kappa shape index (κ2) is 8.34. The quantitative estimate of drug-likeness (QED) is 0.650. The number of halogens is 2. The first kappa shape index (κ1) is 18.4. The van der Waals surface area contributed by atoms with Crippen LogP contribution in [0.15, 0.2) is 48.8 Å². The highest BCUT2D eigenvalue weighted by molar-refractivity contribution is 6.43. The molecular formula is C19H19Cl2N5. The van der Waals surface area contributed by atoms with Gasteiger partial charge in [-0.1, -0.05) is 29.3 Å². The summed E-state index contributed by atoms with van der Waals surface area (Å²) in [6.45, 7) is 2.77. The maximum absolute atomic E-state index is 6.24. The minimum Gasteiger partial charge on any atom is -0.359 e. The molecule has 2 heterocycles. The van der Waals surface area contributed by atoms with Gasteiger partial charge in [0, 0.05) is 37.7 Å². The Bertz CT molecular complexity index is 886. The highest BCUT2D eigenvalue weighted by Gasteiger charge is 2.10. The summed E-state index contributed by atoms with van der Waals surface area (Å²) in [6, 6.07) is 11.4. The Kier molecular flexibility index (Phi) is 5.91. The fourth-order valence-corrected chi connectivity index (χ4v) is 2.83. The third-order valence-electron chi connectivity index (χ3n) is 3.92. The molecule has 5 nitrogen and oxygen atoms in total. The van der Waals surface area contributed by atoms with Gasteiger partial charge in [-0.3, -0.25) is 4.98 Å². The molecule has 1 N–H and O–H groups in total. The average Bonchev–Trinajstić information content (AvgIpc) is 2.64. The van der Waals surface area contributed by atoms with Gasteiger partial charge < -0.3 is 10.2 Å². The molecule has 7 heteroatoms. The van der Waals surface area contributed by atoms with Crippen molar-refractivity contribution < 1.29 is 0 Å². The summed E-state index contributed by atoms with van der Waals surface area (Å²) in [6.07, 6.45) is 4.52. The van der Waals surface area contributed by atoms with E-state index in [1.807, 2.05) is 44.3 Å². The minimum atomic E-state index is 0.451. The van der Waals surface area contributed by atoms with Crippen LogP contribution in [0, 0.1) is 6.92 Å². The maximum Gasteiger partial charge on any atom is 0.229 e. The molecule has 26 heavy (non-hydrogen) atoms. The summed E-state index contributed by atoms with van der Waals surface area (Å²) in [5, 5.41) is 4.09. The third-order valence-corrected chi connectivity index (χ3v) is 4.73. The molecule has 0 spiro atoms. The van der Waals surface area contributed by atoms with E-state index in [1.165, 1.54) is 5.56 Å². The molecule has 0 amide bonds. The predicted octanol–water partition coefficient (Wildman–Crippen LogP) is 4.91. The van der Waals surface area contributed by atoms with Crippen molar-refractivity contribution in [2.45, 2.75) is 13.3 Å². The number of likely N-dealkylation sites (N-methyl/N-ethyl adjacent to an activating group) is 1. The number of anilines is 3. The van der Waals surface area contributed by atoms with Crippen molar-refractivity contribution in [2.75, 3.05) is 23.8 Å². The molecule has 0 radical (unpaired) electrons. The van der Waals surface area contributed by atoms with E-state index in [4.69, 9.17) is 23.2 Å². The number of hydrogen-bond acceptors (Lipinski definition) is 5. The molecule has 1 aromatic carbocycles. The van der Waals surface area contributed by atoms with Crippen LogP contribution in [0.25, 0.3) is 0 Å². The molecule has 3 rings (SSSR count). The Morgan fingerprint density at radius 2 is 1.85 bits per heavy atom. The van der Waals surface area contributed by atoms with Crippen molar-refractivity contribution in [3.8, 4) is 0 Å². The second-order valence-electron chi connectivity index (χ2n) is 5.94. The van der Waals surface area contributed by atoms with Crippen LogP contribution >= 0.6 is 23.2 Å². The lowest BCUT2D eigenvalue weighted by Gasteiger charge is -2.19. The number of aryl methyl sites for hydroxylation is 1. The van der Waals surface area contributed by atoms with Crippen molar-refractivity contribution >= 4 is 40.7 Å². The molecule has 0 bridgehead atoms. The summed E-state index contributed by atoms with van der Waals surface area (Å²) in [4.78, 5) is 15.2. The summed E-state index contributed by atoms with van der Waals surface area (Å²) < 4.78 is 0. The van der Waals surface area contributed by atoms with Crippen molar-refractivity contribution in [1.29, 1.82) is 0 Å². The van der Waals surface area contributed by atoms with Gasteiger partial charge in [0.25, 0.3) is 0 Å². The van der Waals surface area contributed by atoms with Gasteiger partial charge in [0.1, 0.15) is 5.82 Å². The molecule has 0 aliphatic heterocycles. The molecule has 3 aromatic rings. The van der Waals surface area contributed by atoms with E-state index >= 15 is 0 Å². The second-order valence-corrected chi connectivity index (χ2v) is 6.73. The van der Waals surface area contributed by atoms with Gasteiger partial charge in [-0.25, -0.2) is 4.98 Å². The van der Waals surface area contributed by atoms with Crippen LogP contribution in [0.2, 0.25) is 10.0 Å². The summed E-state index contributed by atoms with van der Waals surface area (Å²) in [5.74, 6) is 1.33. The number of nitrogens with one attached hydrogen (secondary N) is 1. The first-order chi connectivity index (χ1) is 12.5. The van der Waals surface area contributed by atoms with Crippen LogP contribution in [0.5, 0.6) is 0 Å². The molecular weight excluding hydrogens is 369 g/mol. The van der Waals surface area contributed by atoms with Crippen molar-refractivity contribution in [3.05, 3.63) is 70.1 Å².